The van der Waals surface area contributed by atoms with Gasteiger partial charge in [-0.15, -0.1) is 0 Å². The maximum absolute atomic E-state index is 14.3. The first-order valence-corrected chi connectivity index (χ1v) is 12.1. The number of fused-ring (bicyclic) bond motifs is 1. The van der Waals surface area contributed by atoms with E-state index in [1.807, 2.05) is 16.7 Å². The average molecular weight is 517 g/mol. The van der Waals surface area contributed by atoms with Crippen molar-refractivity contribution in [3.63, 3.8) is 0 Å². The van der Waals surface area contributed by atoms with E-state index in [0.29, 0.717) is 50.8 Å². The molecule has 4 nitrogen and oxygen atoms in total. The standard InChI is InChI=1S/C27H25ClF4N4/c1-16-10-18(11-17(2)24(16)29)15-36-23-14-21(28)13-22(19-4-3-5-20(12-19)27(30,31)32)25(23)34-26(36)35-8-6-33-7-9-35/h3-5,10-14,33H,6-9,15H2,1-2H3. The lowest BCUT2D eigenvalue weighted by Gasteiger charge is -2.29. The van der Waals surface area contributed by atoms with Gasteiger partial charge in [-0.3, -0.25) is 0 Å². The molecule has 3 aromatic carbocycles. The molecule has 0 saturated carbocycles. The molecule has 1 fully saturated rings. The molecule has 2 heterocycles. The van der Waals surface area contributed by atoms with Gasteiger partial charge >= 0.3 is 6.18 Å². The lowest BCUT2D eigenvalue weighted by molar-refractivity contribution is -0.137. The number of piperazine rings is 1. The second-order valence-electron chi connectivity index (χ2n) is 9.18. The van der Waals surface area contributed by atoms with Gasteiger partial charge in [0.15, 0.2) is 0 Å². The summed E-state index contributed by atoms with van der Waals surface area (Å²) in [6, 6.07) is 12.3. The highest BCUT2D eigenvalue weighted by molar-refractivity contribution is 6.31. The zero-order chi connectivity index (χ0) is 25.6. The lowest BCUT2D eigenvalue weighted by Crippen LogP contribution is -2.44. The number of hydrogen-bond donors (Lipinski definition) is 1. The number of nitrogens with one attached hydrogen (secondary N) is 1. The van der Waals surface area contributed by atoms with Crippen LogP contribution in [0.5, 0.6) is 0 Å². The van der Waals surface area contributed by atoms with Gasteiger partial charge in [-0.2, -0.15) is 13.2 Å². The number of nitrogens with zero attached hydrogens (tertiary/aromatic N) is 3. The maximum atomic E-state index is 14.3. The second-order valence-corrected chi connectivity index (χ2v) is 9.61. The Morgan fingerprint density at radius 3 is 2.36 bits per heavy atom. The first-order valence-electron chi connectivity index (χ1n) is 11.7. The highest BCUT2D eigenvalue weighted by atomic mass is 35.5. The Labute approximate surface area is 211 Å². The quantitative estimate of drug-likeness (QED) is 0.311. The van der Waals surface area contributed by atoms with Crippen molar-refractivity contribution >= 4 is 28.6 Å². The molecule has 1 N–H and O–H groups in total. The Kier molecular flexibility index (Phi) is 6.43. The van der Waals surface area contributed by atoms with E-state index in [9.17, 15) is 17.6 Å². The SMILES string of the molecule is Cc1cc(Cn2c(N3CCNCC3)nc3c(-c4cccc(C(F)(F)F)c4)cc(Cl)cc32)cc(C)c1F. The fourth-order valence-corrected chi connectivity index (χ4v) is 5.04. The van der Waals surface area contributed by atoms with Crippen molar-refractivity contribution in [2.45, 2.75) is 26.6 Å². The monoisotopic (exact) mass is 516 g/mol. The minimum absolute atomic E-state index is 0.230. The molecule has 36 heavy (non-hydrogen) atoms. The van der Waals surface area contributed by atoms with Crippen molar-refractivity contribution in [3.8, 4) is 11.1 Å². The maximum Gasteiger partial charge on any atom is 0.416 e. The largest absolute Gasteiger partial charge is 0.416 e. The summed E-state index contributed by atoms with van der Waals surface area (Å²) in [5.41, 5.74) is 3.50. The van der Waals surface area contributed by atoms with Crippen LogP contribution in [0.3, 0.4) is 0 Å². The van der Waals surface area contributed by atoms with Gasteiger partial charge in [0.25, 0.3) is 0 Å². The first-order chi connectivity index (χ1) is 17.1. The number of imidazole rings is 1. The number of anilines is 1. The summed E-state index contributed by atoms with van der Waals surface area (Å²) in [7, 11) is 0. The molecule has 188 valence electrons. The van der Waals surface area contributed by atoms with Gasteiger partial charge in [0.1, 0.15) is 5.82 Å². The van der Waals surface area contributed by atoms with E-state index in [1.165, 1.54) is 6.07 Å². The molecule has 0 bridgehead atoms. The summed E-state index contributed by atoms with van der Waals surface area (Å²) < 4.78 is 56.6. The van der Waals surface area contributed by atoms with Crippen LogP contribution in [-0.2, 0) is 12.7 Å². The van der Waals surface area contributed by atoms with E-state index in [-0.39, 0.29) is 5.82 Å². The van der Waals surface area contributed by atoms with Crippen LogP contribution in [-0.4, -0.2) is 35.7 Å². The molecular weight excluding hydrogens is 492 g/mol. The molecule has 0 atom stereocenters. The topological polar surface area (TPSA) is 33.1 Å². The highest BCUT2D eigenvalue weighted by Gasteiger charge is 2.31. The molecule has 0 aliphatic carbocycles. The molecule has 1 aromatic heterocycles. The first kappa shape index (κ1) is 24.6. The van der Waals surface area contributed by atoms with Gasteiger partial charge in [-0.25, -0.2) is 9.37 Å². The average Bonchev–Trinajstić information content (AvgIpc) is 3.20. The third kappa shape index (κ3) is 4.67. The molecule has 0 radical (unpaired) electrons. The van der Waals surface area contributed by atoms with Gasteiger partial charge < -0.3 is 14.8 Å². The van der Waals surface area contributed by atoms with Crippen LogP contribution < -0.4 is 10.2 Å². The smallest absolute Gasteiger partial charge is 0.340 e. The van der Waals surface area contributed by atoms with E-state index >= 15 is 0 Å². The molecule has 0 amide bonds. The number of halogens is 5. The van der Waals surface area contributed by atoms with Gasteiger partial charge in [-0.1, -0.05) is 35.9 Å². The Bertz CT molecular complexity index is 1410. The lowest BCUT2D eigenvalue weighted by atomic mass is 10.0. The number of aromatic nitrogens is 2. The van der Waals surface area contributed by atoms with Gasteiger partial charge in [0.05, 0.1) is 23.1 Å². The highest BCUT2D eigenvalue weighted by Crippen LogP contribution is 2.38. The number of alkyl halides is 3. The molecule has 1 aliphatic heterocycles. The van der Waals surface area contributed by atoms with E-state index in [2.05, 4.69) is 10.2 Å². The molecule has 0 spiro atoms. The number of hydrogen-bond acceptors (Lipinski definition) is 3. The van der Waals surface area contributed by atoms with Crippen LogP contribution in [0.15, 0.2) is 48.5 Å². The van der Waals surface area contributed by atoms with Crippen LogP contribution in [0.2, 0.25) is 5.02 Å². The van der Waals surface area contributed by atoms with Crippen molar-refractivity contribution in [2.24, 2.45) is 0 Å². The second kappa shape index (κ2) is 9.41. The Morgan fingerprint density at radius 1 is 1.00 bits per heavy atom. The fourth-order valence-electron chi connectivity index (χ4n) is 4.83. The Balaban J connectivity index is 1.71. The molecule has 5 rings (SSSR count). The third-order valence-electron chi connectivity index (χ3n) is 6.54. The minimum Gasteiger partial charge on any atom is -0.340 e. The molecule has 0 unspecified atom stereocenters. The Hall–Kier alpha value is -3.10. The van der Waals surface area contributed by atoms with E-state index in [4.69, 9.17) is 16.6 Å². The van der Waals surface area contributed by atoms with Crippen LogP contribution in [0.1, 0.15) is 22.3 Å². The summed E-state index contributed by atoms with van der Waals surface area (Å²) in [6.45, 7) is 6.93. The Morgan fingerprint density at radius 2 is 1.69 bits per heavy atom. The number of benzene rings is 3. The fraction of sp³-hybridized carbons (Fsp3) is 0.296. The molecule has 1 saturated heterocycles. The van der Waals surface area contributed by atoms with Crippen LogP contribution in [0.4, 0.5) is 23.5 Å². The molecule has 1 aliphatic rings. The number of aryl methyl sites for hydroxylation is 2. The van der Waals surface area contributed by atoms with Gasteiger partial charge in [0.2, 0.25) is 5.95 Å². The van der Waals surface area contributed by atoms with E-state index < -0.39 is 11.7 Å². The van der Waals surface area contributed by atoms with Crippen LogP contribution in [0.25, 0.3) is 22.2 Å². The van der Waals surface area contributed by atoms with Crippen molar-refractivity contribution in [2.75, 3.05) is 31.1 Å². The van der Waals surface area contributed by atoms with Crippen LogP contribution >= 0.6 is 11.6 Å². The number of rotatable bonds is 4. The van der Waals surface area contributed by atoms with Crippen LogP contribution in [0, 0.1) is 19.7 Å². The summed E-state index contributed by atoms with van der Waals surface area (Å²) in [5.74, 6) is 0.480. The normalized spacial score (nSPS) is 14.6. The van der Waals surface area contributed by atoms with E-state index in [1.54, 1.807) is 32.0 Å². The molecular formula is C27H25ClF4N4. The van der Waals surface area contributed by atoms with E-state index in [0.717, 1.165) is 43.9 Å². The third-order valence-corrected chi connectivity index (χ3v) is 6.75. The molecule has 9 heteroatoms. The minimum atomic E-state index is -4.46. The van der Waals surface area contributed by atoms with Crippen molar-refractivity contribution in [1.29, 1.82) is 0 Å². The van der Waals surface area contributed by atoms with Crippen molar-refractivity contribution in [3.05, 3.63) is 81.6 Å². The predicted molar refractivity (Wildman–Crippen MR) is 135 cm³/mol. The summed E-state index contributed by atoms with van der Waals surface area (Å²) in [4.78, 5) is 7.11. The summed E-state index contributed by atoms with van der Waals surface area (Å²) in [5, 5.41) is 3.72. The molecule has 4 aromatic rings. The summed E-state index contributed by atoms with van der Waals surface area (Å²) >= 11 is 6.51. The predicted octanol–water partition coefficient (Wildman–Crippen LogP) is 6.59. The zero-order valence-corrected chi connectivity index (χ0v) is 20.6. The van der Waals surface area contributed by atoms with Crippen molar-refractivity contribution in [1.82, 2.24) is 14.9 Å². The zero-order valence-electron chi connectivity index (χ0n) is 19.9. The van der Waals surface area contributed by atoms with Gasteiger partial charge in [-0.05, 0) is 60.4 Å². The van der Waals surface area contributed by atoms with Crippen molar-refractivity contribution < 1.29 is 17.6 Å². The summed E-state index contributed by atoms with van der Waals surface area (Å²) in [6.07, 6.45) is -4.46. The van der Waals surface area contributed by atoms with Gasteiger partial charge in [0, 0.05) is 36.8 Å².